The lowest BCUT2D eigenvalue weighted by Crippen LogP contribution is -1.98. The van der Waals surface area contributed by atoms with Crippen molar-refractivity contribution in [2.75, 3.05) is 5.32 Å². The van der Waals surface area contributed by atoms with Crippen LogP contribution >= 0.6 is 0 Å². The average Bonchev–Trinajstić information content (AvgIpc) is 2.33. The third-order valence-corrected chi connectivity index (χ3v) is 2.04. The highest BCUT2D eigenvalue weighted by Crippen LogP contribution is 2.15. The molecule has 2 heterocycles. The molecule has 0 aliphatic heterocycles. The smallest absolute Gasteiger partial charge is 0.158 e. The summed E-state index contributed by atoms with van der Waals surface area (Å²) in [6.07, 6.45) is 4.67. The lowest BCUT2D eigenvalue weighted by Gasteiger charge is -2.06. The molecule has 2 aromatic heterocycles. The summed E-state index contributed by atoms with van der Waals surface area (Å²) in [5, 5.41) is 11.7. The van der Waals surface area contributed by atoms with Crippen molar-refractivity contribution in [3.8, 4) is 6.07 Å². The van der Waals surface area contributed by atoms with Crippen molar-refractivity contribution in [3.63, 3.8) is 0 Å². The molecule has 2 aromatic rings. The van der Waals surface area contributed by atoms with Crippen LogP contribution in [0.1, 0.15) is 11.4 Å². The van der Waals surface area contributed by atoms with Gasteiger partial charge in [-0.15, -0.1) is 0 Å². The molecule has 0 amide bonds. The first kappa shape index (κ1) is 10.1. The number of nitrogens with one attached hydrogen (secondary N) is 1. The van der Waals surface area contributed by atoms with Crippen molar-refractivity contribution in [2.45, 2.75) is 6.92 Å². The summed E-state index contributed by atoms with van der Waals surface area (Å²) in [5.41, 5.74) is 2.06. The van der Waals surface area contributed by atoms with Crippen molar-refractivity contribution in [1.82, 2.24) is 15.0 Å². The molecule has 78 valence electrons. The Labute approximate surface area is 92.8 Å². The maximum absolute atomic E-state index is 8.58. The highest BCUT2D eigenvalue weighted by Gasteiger charge is 2.00. The van der Waals surface area contributed by atoms with Gasteiger partial charge >= 0.3 is 0 Å². The third kappa shape index (κ3) is 2.12. The van der Waals surface area contributed by atoms with Gasteiger partial charge in [-0.2, -0.15) is 5.26 Å². The number of aryl methyl sites for hydroxylation is 1. The van der Waals surface area contributed by atoms with Crippen LogP contribution in [0.2, 0.25) is 0 Å². The Morgan fingerprint density at radius 1 is 1.25 bits per heavy atom. The highest BCUT2D eigenvalue weighted by atomic mass is 15.0. The Morgan fingerprint density at radius 3 is 2.75 bits per heavy atom. The van der Waals surface area contributed by atoms with Crippen molar-refractivity contribution >= 4 is 11.5 Å². The van der Waals surface area contributed by atoms with E-state index in [0.717, 1.165) is 11.4 Å². The van der Waals surface area contributed by atoms with Gasteiger partial charge in [-0.25, -0.2) is 9.97 Å². The zero-order valence-electron chi connectivity index (χ0n) is 8.68. The van der Waals surface area contributed by atoms with E-state index in [4.69, 9.17) is 5.26 Å². The molecule has 16 heavy (non-hydrogen) atoms. The maximum Gasteiger partial charge on any atom is 0.158 e. The fourth-order valence-corrected chi connectivity index (χ4v) is 1.20. The molecule has 0 unspecified atom stereocenters. The molecule has 5 heteroatoms. The molecule has 5 nitrogen and oxygen atoms in total. The van der Waals surface area contributed by atoms with E-state index in [1.54, 1.807) is 6.20 Å². The normalized spacial score (nSPS) is 9.50. The summed E-state index contributed by atoms with van der Waals surface area (Å²) in [6.45, 7) is 1.90. The second kappa shape index (κ2) is 4.36. The van der Waals surface area contributed by atoms with Crippen molar-refractivity contribution in [1.29, 1.82) is 5.26 Å². The number of pyridine rings is 1. The van der Waals surface area contributed by atoms with Gasteiger partial charge in [-0.1, -0.05) is 0 Å². The van der Waals surface area contributed by atoms with Gasteiger partial charge < -0.3 is 5.32 Å². The monoisotopic (exact) mass is 211 g/mol. The first-order valence-corrected chi connectivity index (χ1v) is 4.70. The molecule has 0 radical (unpaired) electrons. The summed E-state index contributed by atoms with van der Waals surface area (Å²) in [6, 6.07) is 5.66. The maximum atomic E-state index is 8.58. The molecule has 0 atom stereocenters. The standard InChI is InChI=1S/C11H9N5/c1-8-10(3-2-4-13-8)16-11-7-14-9(5-12)6-15-11/h2-4,6-7H,1H3,(H,15,16). The van der Waals surface area contributed by atoms with E-state index in [2.05, 4.69) is 20.3 Å². The molecule has 0 fully saturated rings. The van der Waals surface area contributed by atoms with Crippen LogP contribution < -0.4 is 5.32 Å². The van der Waals surface area contributed by atoms with Crippen LogP contribution in [-0.4, -0.2) is 15.0 Å². The molecule has 0 aliphatic rings. The summed E-state index contributed by atoms with van der Waals surface area (Å²) in [7, 11) is 0. The third-order valence-electron chi connectivity index (χ3n) is 2.04. The second-order valence-electron chi connectivity index (χ2n) is 3.16. The molecular formula is C11H9N5. The second-order valence-corrected chi connectivity index (χ2v) is 3.16. The predicted molar refractivity (Wildman–Crippen MR) is 59.0 cm³/mol. The number of rotatable bonds is 2. The van der Waals surface area contributed by atoms with Gasteiger partial charge in [-0.05, 0) is 19.1 Å². The number of aromatic nitrogens is 3. The van der Waals surface area contributed by atoms with E-state index in [1.807, 2.05) is 25.1 Å². The Bertz CT molecular complexity index is 527. The van der Waals surface area contributed by atoms with Gasteiger partial charge in [0.2, 0.25) is 0 Å². The molecule has 0 aromatic carbocycles. The first-order valence-electron chi connectivity index (χ1n) is 4.70. The van der Waals surface area contributed by atoms with Crippen LogP contribution in [0.4, 0.5) is 11.5 Å². The lowest BCUT2D eigenvalue weighted by molar-refractivity contribution is 1.15. The number of hydrogen-bond acceptors (Lipinski definition) is 5. The van der Waals surface area contributed by atoms with Crippen LogP contribution in [0.3, 0.4) is 0 Å². The largest absolute Gasteiger partial charge is 0.337 e. The van der Waals surface area contributed by atoms with Crippen molar-refractivity contribution in [2.24, 2.45) is 0 Å². The zero-order valence-corrected chi connectivity index (χ0v) is 8.68. The van der Waals surface area contributed by atoms with E-state index in [0.29, 0.717) is 11.5 Å². The Balaban J connectivity index is 2.22. The minimum absolute atomic E-state index is 0.299. The minimum Gasteiger partial charge on any atom is -0.337 e. The van der Waals surface area contributed by atoms with Crippen LogP contribution in [0, 0.1) is 18.3 Å². The predicted octanol–water partition coefficient (Wildman–Crippen LogP) is 1.80. The highest BCUT2D eigenvalue weighted by molar-refractivity contribution is 5.57. The zero-order chi connectivity index (χ0) is 11.4. The molecular weight excluding hydrogens is 202 g/mol. The van der Waals surface area contributed by atoms with Gasteiger partial charge in [0.25, 0.3) is 0 Å². The molecule has 0 saturated carbocycles. The van der Waals surface area contributed by atoms with Crippen molar-refractivity contribution < 1.29 is 0 Å². The van der Waals surface area contributed by atoms with Gasteiger partial charge in [0.1, 0.15) is 11.9 Å². The molecule has 0 spiro atoms. The van der Waals surface area contributed by atoms with Crippen LogP contribution in [0.25, 0.3) is 0 Å². The van der Waals surface area contributed by atoms with Gasteiger partial charge in [0.15, 0.2) is 5.69 Å². The molecule has 2 rings (SSSR count). The van der Waals surface area contributed by atoms with Gasteiger partial charge in [0.05, 0.1) is 23.8 Å². The molecule has 0 aliphatic carbocycles. The summed E-state index contributed by atoms with van der Waals surface area (Å²) in [4.78, 5) is 12.1. The average molecular weight is 211 g/mol. The van der Waals surface area contributed by atoms with Crippen LogP contribution in [0.5, 0.6) is 0 Å². The fourth-order valence-electron chi connectivity index (χ4n) is 1.20. The molecule has 0 saturated heterocycles. The van der Waals surface area contributed by atoms with E-state index in [1.165, 1.54) is 12.4 Å². The van der Waals surface area contributed by atoms with Crippen LogP contribution in [0.15, 0.2) is 30.7 Å². The SMILES string of the molecule is Cc1ncccc1Nc1cnc(C#N)cn1. The van der Waals surface area contributed by atoms with Crippen molar-refractivity contribution in [3.05, 3.63) is 42.1 Å². The quantitative estimate of drug-likeness (QED) is 0.819. The first-order chi connectivity index (χ1) is 7.79. The topological polar surface area (TPSA) is 74.5 Å². The number of nitriles is 1. The molecule has 0 bridgehead atoms. The Hall–Kier alpha value is -2.48. The fraction of sp³-hybridized carbons (Fsp3) is 0.0909. The Kier molecular flexibility index (Phi) is 2.74. The Morgan fingerprint density at radius 2 is 2.12 bits per heavy atom. The van der Waals surface area contributed by atoms with Gasteiger partial charge in [-0.3, -0.25) is 4.98 Å². The minimum atomic E-state index is 0.299. The van der Waals surface area contributed by atoms with Gasteiger partial charge in [0, 0.05) is 6.20 Å². The molecule has 1 N–H and O–H groups in total. The van der Waals surface area contributed by atoms with E-state index < -0.39 is 0 Å². The number of anilines is 2. The van der Waals surface area contributed by atoms with E-state index in [9.17, 15) is 0 Å². The summed E-state index contributed by atoms with van der Waals surface area (Å²) < 4.78 is 0. The summed E-state index contributed by atoms with van der Waals surface area (Å²) in [5.74, 6) is 0.593. The lowest BCUT2D eigenvalue weighted by atomic mass is 10.3. The van der Waals surface area contributed by atoms with E-state index >= 15 is 0 Å². The number of nitrogens with zero attached hydrogens (tertiary/aromatic N) is 4. The summed E-state index contributed by atoms with van der Waals surface area (Å²) >= 11 is 0. The van der Waals surface area contributed by atoms with E-state index in [-0.39, 0.29) is 0 Å². The van der Waals surface area contributed by atoms with Crippen LogP contribution in [-0.2, 0) is 0 Å². The number of hydrogen-bond donors (Lipinski definition) is 1.